The van der Waals surface area contributed by atoms with Gasteiger partial charge in [0, 0.05) is 55.2 Å². The maximum absolute atomic E-state index is 11.7. The number of aromatic nitrogens is 4. The molecule has 5 rings (SSSR count). The predicted molar refractivity (Wildman–Crippen MR) is 167 cm³/mol. The molecule has 4 aromatic rings. The molecule has 1 aliphatic heterocycles. The number of H-pyrrole nitrogens is 1. The van der Waals surface area contributed by atoms with Crippen LogP contribution in [0.2, 0.25) is 0 Å². The molecule has 0 fully saturated rings. The van der Waals surface area contributed by atoms with Crippen molar-refractivity contribution in [2.45, 2.75) is 33.9 Å². The average molecular weight is 575 g/mol. The van der Waals surface area contributed by atoms with Crippen LogP contribution in [0.15, 0.2) is 65.6 Å². The van der Waals surface area contributed by atoms with Crippen LogP contribution in [-0.4, -0.2) is 59.3 Å². The first-order valence-electron chi connectivity index (χ1n) is 13.6. The van der Waals surface area contributed by atoms with Crippen LogP contribution in [0.1, 0.15) is 37.5 Å². The number of nitrogens with zero attached hydrogens (tertiary/aromatic N) is 4. The number of carbonyl (C=O) groups is 1. The van der Waals surface area contributed by atoms with E-state index in [4.69, 9.17) is 4.98 Å². The van der Waals surface area contributed by atoms with Crippen molar-refractivity contribution >= 4 is 34.3 Å². The van der Waals surface area contributed by atoms with Gasteiger partial charge < -0.3 is 20.3 Å². The number of nitrogens with one attached hydrogen (secondary N) is 2. The average Bonchev–Trinajstić information content (AvgIpc) is 3.59. The molecule has 2 aromatic heterocycles. The largest absolute Gasteiger partial charge is 0.492 e. The fraction of sp³-hybridized carbons (Fsp3) is 0.290. The molecular weight excluding hydrogens is 536 g/mol. The molecule has 216 valence electrons. The third-order valence-corrected chi connectivity index (χ3v) is 7.94. The lowest BCUT2D eigenvalue weighted by atomic mass is 10.1. The number of benzene rings is 2. The van der Waals surface area contributed by atoms with Crippen molar-refractivity contribution in [3.8, 4) is 23.1 Å². The van der Waals surface area contributed by atoms with Gasteiger partial charge in [0.15, 0.2) is 11.5 Å². The summed E-state index contributed by atoms with van der Waals surface area (Å²) in [6.45, 7) is 9.20. The van der Waals surface area contributed by atoms with Crippen LogP contribution in [0, 0.1) is 0 Å². The molecule has 3 heterocycles. The molecule has 0 radical (unpaired) electrons. The van der Waals surface area contributed by atoms with Gasteiger partial charge in [0.1, 0.15) is 0 Å². The van der Waals surface area contributed by atoms with Crippen molar-refractivity contribution in [1.82, 2.24) is 29.5 Å². The van der Waals surface area contributed by atoms with Crippen molar-refractivity contribution in [2.75, 3.05) is 19.3 Å². The lowest BCUT2D eigenvalue weighted by molar-refractivity contribution is -0.117. The first kappa shape index (κ1) is 29.8. The molecule has 2 aromatic carbocycles. The third-order valence-electron chi connectivity index (χ3n) is 7.01. The maximum atomic E-state index is 11.7. The van der Waals surface area contributed by atoms with Gasteiger partial charge >= 0.3 is 0 Å². The third kappa shape index (κ3) is 6.61. The molecule has 0 saturated carbocycles. The summed E-state index contributed by atoms with van der Waals surface area (Å²) in [6.07, 6.45) is 12.0. The van der Waals surface area contributed by atoms with Crippen LogP contribution in [0.5, 0.6) is 5.88 Å². The van der Waals surface area contributed by atoms with E-state index < -0.39 is 10.8 Å². The summed E-state index contributed by atoms with van der Waals surface area (Å²) in [5, 5.41) is 14.2. The van der Waals surface area contributed by atoms with Crippen LogP contribution in [0.25, 0.3) is 34.3 Å². The van der Waals surface area contributed by atoms with E-state index in [1.165, 1.54) is 11.1 Å². The zero-order chi connectivity index (χ0) is 29.5. The predicted octanol–water partition coefficient (Wildman–Crippen LogP) is 5.00. The van der Waals surface area contributed by atoms with E-state index in [0.717, 1.165) is 59.8 Å². The summed E-state index contributed by atoms with van der Waals surface area (Å²) in [5.41, 5.74) is 6.95. The maximum Gasteiger partial charge on any atom is 0.241 e. The molecule has 1 aliphatic rings. The molecule has 0 aliphatic carbocycles. The monoisotopic (exact) mass is 574 g/mol. The molecule has 1 amide bonds. The number of allylic oxidation sites excluding steroid dienone is 4. The van der Waals surface area contributed by atoms with Crippen molar-refractivity contribution in [3.63, 3.8) is 0 Å². The molecule has 3 N–H and O–H groups in total. The van der Waals surface area contributed by atoms with Crippen LogP contribution < -0.4 is 5.32 Å². The highest BCUT2D eigenvalue weighted by Crippen LogP contribution is 2.35. The van der Waals surface area contributed by atoms with E-state index in [-0.39, 0.29) is 5.88 Å². The highest BCUT2D eigenvalue weighted by Gasteiger charge is 2.24. The number of fused-ring (bicyclic) bond motifs is 2. The second kappa shape index (κ2) is 13.5. The first-order chi connectivity index (χ1) is 19.8. The topological polar surface area (TPSA) is 108 Å². The molecule has 1 unspecified atom stereocenters. The van der Waals surface area contributed by atoms with Gasteiger partial charge in [-0.1, -0.05) is 36.4 Å². The van der Waals surface area contributed by atoms with Gasteiger partial charge in [-0.25, -0.2) is 9.67 Å². The van der Waals surface area contributed by atoms with Crippen molar-refractivity contribution in [2.24, 2.45) is 7.05 Å². The number of carbonyl (C=O) groups excluding carboxylic acids is 1. The molecular formula is C31H38N6O3S. The van der Waals surface area contributed by atoms with Gasteiger partial charge in [0.05, 0.1) is 16.7 Å². The Hall–Kier alpha value is -4.15. The van der Waals surface area contributed by atoms with Crippen LogP contribution >= 0.6 is 0 Å². The fourth-order valence-corrected chi connectivity index (χ4v) is 5.28. The fourth-order valence-electron chi connectivity index (χ4n) is 4.68. The first-order valence-corrected chi connectivity index (χ1v) is 15.2. The Morgan fingerprint density at radius 1 is 1.15 bits per heavy atom. The molecule has 1 atom stereocenters. The minimum atomic E-state index is -1.03. The molecule has 41 heavy (non-hydrogen) atoms. The van der Waals surface area contributed by atoms with Gasteiger partial charge in [-0.15, -0.1) is 0 Å². The normalized spacial score (nSPS) is 14.0. The molecule has 9 nitrogen and oxygen atoms in total. The number of hydrogen-bond acceptors (Lipinski definition) is 5. The standard InChI is InChI=1S/C26H27N5O2S.C5H11NO/c1-4-6-21(34(3)33)8-5-7-17-9-11-20(12-10-17)31-26(32)24(30(31)2)25-28-22-13-18-15-27-16-19(18)14-23(22)29-25;1-3-6(4-2)5-7/h4-14,27,32H,15-16H2,1-3H3,(H,28,29);5H,3-4H2,1-2H3/b6-4-,7-5+,21-8+;. The van der Waals surface area contributed by atoms with E-state index in [0.29, 0.717) is 11.5 Å². The van der Waals surface area contributed by atoms with Gasteiger partial charge in [0.25, 0.3) is 0 Å². The number of hydrogen-bond donors (Lipinski definition) is 3. The summed E-state index contributed by atoms with van der Waals surface area (Å²) < 4.78 is 15.4. The second-order valence-electron chi connectivity index (χ2n) is 9.64. The number of aromatic amines is 1. The molecule has 0 bridgehead atoms. The highest BCUT2D eigenvalue weighted by atomic mass is 32.2. The zero-order valence-electron chi connectivity index (χ0n) is 24.2. The molecule has 0 saturated heterocycles. The number of aromatic hydroxyl groups is 1. The Balaban J connectivity index is 0.000000493. The van der Waals surface area contributed by atoms with Crippen molar-refractivity contribution in [1.29, 1.82) is 0 Å². The summed E-state index contributed by atoms with van der Waals surface area (Å²) in [6, 6.07) is 12.1. The van der Waals surface area contributed by atoms with E-state index in [2.05, 4.69) is 22.4 Å². The lowest BCUT2D eigenvalue weighted by Crippen LogP contribution is -2.20. The van der Waals surface area contributed by atoms with Crippen molar-refractivity contribution in [3.05, 3.63) is 82.3 Å². The zero-order valence-corrected chi connectivity index (χ0v) is 25.0. The highest BCUT2D eigenvalue weighted by molar-refractivity contribution is 7.88. The van der Waals surface area contributed by atoms with Crippen molar-refractivity contribution < 1.29 is 14.1 Å². The van der Waals surface area contributed by atoms with E-state index in [9.17, 15) is 14.1 Å². The molecule has 10 heteroatoms. The smallest absolute Gasteiger partial charge is 0.241 e. The second-order valence-corrected chi connectivity index (χ2v) is 11.0. The van der Waals surface area contributed by atoms with E-state index >= 15 is 0 Å². The number of rotatable bonds is 9. The Morgan fingerprint density at radius 3 is 2.39 bits per heavy atom. The van der Waals surface area contributed by atoms with E-state index in [1.807, 2.05) is 87.1 Å². The lowest BCUT2D eigenvalue weighted by Gasteiger charge is -2.25. The summed E-state index contributed by atoms with van der Waals surface area (Å²) in [7, 11) is 0.871. The minimum Gasteiger partial charge on any atom is -0.492 e. The Kier molecular flexibility index (Phi) is 9.80. The van der Waals surface area contributed by atoms with Gasteiger partial charge in [-0.05, 0) is 67.8 Å². The Labute approximate surface area is 243 Å². The summed E-state index contributed by atoms with van der Waals surface area (Å²) >= 11 is 0. The number of amides is 1. The summed E-state index contributed by atoms with van der Waals surface area (Å²) in [4.78, 5) is 20.4. The number of imidazole rings is 1. The van der Waals surface area contributed by atoms with Gasteiger partial charge in [-0.2, -0.15) is 0 Å². The van der Waals surface area contributed by atoms with Crippen LogP contribution in [0.4, 0.5) is 0 Å². The Bertz CT molecular complexity index is 1560. The minimum absolute atomic E-state index is 0.156. The SMILES string of the molecule is CCN(C=O)CC.C\C=C/C(=C\C=C\c1ccc(-n2c(O)c(-c3nc4cc5c(cc4[nH]3)CNC5)n2C)cc1)S(C)=O. The van der Waals surface area contributed by atoms with Crippen LogP contribution in [0.3, 0.4) is 0 Å². The van der Waals surface area contributed by atoms with Gasteiger partial charge in [-0.3, -0.25) is 13.7 Å². The van der Waals surface area contributed by atoms with Crippen LogP contribution in [-0.2, 0) is 35.7 Å². The molecule has 0 spiro atoms. The summed E-state index contributed by atoms with van der Waals surface area (Å²) in [5.74, 6) is 0.808. The van der Waals surface area contributed by atoms with E-state index in [1.54, 1.807) is 15.8 Å². The quantitative estimate of drug-likeness (QED) is 0.193. The van der Waals surface area contributed by atoms with Gasteiger partial charge in [0.2, 0.25) is 12.3 Å². The Morgan fingerprint density at radius 2 is 1.83 bits per heavy atom.